The van der Waals surface area contributed by atoms with E-state index in [1.807, 2.05) is 78.9 Å². The minimum atomic E-state index is -0.959. The lowest BCUT2D eigenvalue weighted by Gasteiger charge is -2.45. The number of nitrogens with zero attached hydrogens (tertiary/aromatic N) is 1. The van der Waals surface area contributed by atoms with E-state index in [-0.39, 0.29) is 18.4 Å². The fourth-order valence-corrected chi connectivity index (χ4v) is 7.54. The maximum absolute atomic E-state index is 12.6. The summed E-state index contributed by atoms with van der Waals surface area (Å²) in [7, 11) is 0. The molecule has 0 saturated carbocycles. The third-order valence-corrected chi connectivity index (χ3v) is 10.2. The third-order valence-electron chi connectivity index (χ3n) is 9.62. The first-order valence-corrected chi connectivity index (χ1v) is 17.4. The lowest BCUT2D eigenvalue weighted by Crippen LogP contribution is -2.52. The monoisotopic (exact) mass is 711 g/mol. The zero-order valence-corrected chi connectivity index (χ0v) is 28.7. The zero-order valence-electron chi connectivity index (χ0n) is 27.1. The van der Waals surface area contributed by atoms with Gasteiger partial charge in [0, 0.05) is 22.9 Å². The number of fused-ring (bicyclic) bond motifs is 1. The van der Waals surface area contributed by atoms with Crippen LogP contribution in [0.2, 0.25) is 0 Å². The van der Waals surface area contributed by atoms with Crippen molar-refractivity contribution in [1.29, 1.82) is 0 Å². The highest BCUT2D eigenvalue weighted by atomic mass is 79.9. The van der Waals surface area contributed by atoms with Crippen molar-refractivity contribution in [2.45, 2.75) is 24.2 Å². The van der Waals surface area contributed by atoms with E-state index in [2.05, 4.69) is 94.8 Å². The third kappa shape index (κ3) is 7.04. The first-order chi connectivity index (χ1) is 24.0. The van der Waals surface area contributed by atoms with Crippen LogP contribution in [0.25, 0.3) is 10.8 Å². The van der Waals surface area contributed by atoms with E-state index in [1.54, 1.807) is 0 Å². The van der Waals surface area contributed by atoms with E-state index in [0.29, 0.717) is 19.8 Å². The molecule has 1 N–H and O–H groups in total. The van der Waals surface area contributed by atoms with Crippen LogP contribution in [-0.4, -0.2) is 41.9 Å². The summed E-state index contributed by atoms with van der Waals surface area (Å²) in [4.78, 5) is 14.1. The maximum atomic E-state index is 12.6. The molecule has 0 aliphatic carbocycles. The van der Waals surface area contributed by atoms with Gasteiger partial charge in [-0.25, -0.2) is 4.79 Å². The molecule has 1 aliphatic heterocycles. The predicted molar refractivity (Wildman–Crippen MR) is 198 cm³/mol. The van der Waals surface area contributed by atoms with Crippen LogP contribution in [0.15, 0.2) is 162 Å². The predicted octanol–water partition coefficient (Wildman–Crippen LogP) is 9.89. The summed E-state index contributed by atoms with van der Waals surface area (Å²) < 4.78 is 15.0. The molecule has 1 aliphatic rings. The number of benzene rings is 6. The zero-order chi connectivity index (χ0) is 33.6. The van der Waals surface area contributed by atoms with E-state index >= 15 is 0 Å². The Hall–Kier alpha value is -4.75. The van der Waals surface area contributed by atoms with Crippen LogP contribution in [0, 0.1) is 5.92 Å². The topological polar surface area (TPSA) is 59.0 Å². The van der Waals surface area contributed by atoms with Crippen LogP contribution in [-0.2, 0) is 21.7 Å². The lowest BCUT2D eigenvalue weighted by atomic mass is 9.77. The summed E-state index contributed by atoms with van der Waals surface area (Å²) >= 11 is 3.60. The molecular weight excluding hydrogens is 674 g/mol. The number of likely N-dealkylation sites (tertiary alicyclic amines) is 1. The van der Waals surface area contributed by atoms with Gasteiger partial charge >= 0.3 is 6.09 Å². The summed E-state index contributed by atoms with van der Waals surface area (Å²) in [6.07, 6.45) is -1.36. The van der Waals surface area contributed by atoms with Crippen LogP contribution in [0.1, 0.15) is 33.7 Å². The number of carboxylic acid groups (broad SMARTS) is 1. The molecule has 246 valence electrons. The van der Waals surface area contributed by atoms with Gasteiger partial charge in [0.15, 0.2) is 0 Å². The summed E-state index contributed by atoms with van der Waals surface area (Å²) in [5.41, 5.74) is 4.22. The van der Waals surface area contributed by atoms with Gasteiger partial charge < -0.3 is 19.5 Å². The number of carbonyl (C=O) groups is 1. The summed E-state index contributed by atoms with van der Waals surface area (Å²) in [5.74, 6) is -0.327. The molecule has 1 amide bonds. The number of hydrogen-bond donors (Lipinski definition) is 1. The van der Waals surface area contributed by atoms with Gasteiger partial charge in [-0.05, 0) is 56.8 Å². The lowest BCUT2D eigenvalue weighted by molar-refractivity contribution is -0.0755. The Morgan fingerprint density at radius 1 is 0.694 bits per heavy atom. The Morgan fingerprint density at radius 3 is 1.82 bits per heavy atom. The van der Waals surface area contributed by atoms with E-state index in [0.717, 1.165) is 37.7 Å². The smallest absolute Gasteiger partial charge is 0.407 e. The van der Waals surface area contributed by atoms with E-state index in [9.17, 15) is 9.90 Å². The summed E-state index contributed by atoms with van der Waals surface area (Å²) in [5, 5.41) is 12.7. The van der Waals surface area contributed by atoms with Gasteiger partial charge in [0.2, 0.25) is 0 Å². The first-order valence-electron chi connectivity index (χ1n) is 16.6. The number of hydrogen-bond acceptors (Lipinski definition) is 3. The van der Waals surface area contributed by atoms with Crippen LogP contribution in [0.3, 0.4) is 0 Å². The van der Waals surface area contributed by atoms with Crippen LogP contribution in [0.4, 0.5) is 4.79 Å². The molecule has 1 saturated heterocycles. The molecule has 0 spiro atoms. The van der Waals surface area contributed by atoms with E-state index in [1.165, 1.54) is 10.3 Å². The molecule has 6 aromatic rings. The number of piperidine rings is 1. The van der Waals surface area contributed by atoms with E-state index in [4.69, 9.17) is 9.47 Å². The molecule has 1 fully saturated rings. The van der Waals surface area contributed by atoms with Gasteiger partial charge in [0.1, 0.15) is 5.60 Å². The number of ether oxygens (including phenoxy) is 2. The average Bonchev–Trinajstić information content (AvgIpc) is 3.15. The van der Waals surface area contributed by atoms with Gasteiger partial charge in [-0.1, -0.05) is 155 Å². The highest BCUT2D eigenvalue weighted by Gasteiger charge is 2.44. The van der Waals surface area contributed by atoms with Gasteiger partial charge in [-0.3, -0.25) is 0 Å². The van der Waals surface area contributed by atoms with Crippen LogP contribution in [0.5, 0.6) is 0 Å². The standard InChI is InChI=1S/C43H38BrNO4/c44-39-24-22-33(23-25-39)41-35(27-45(42(46)47)28-40(41)48-29-31-20-21-32-12-10-11-13-34(32)26-31)30-49-43(36-14-4-1-5-15-36,37-16-6-2-7-17-37)38-18-8-3-9-19-38/h1-26,35,40-41H,27-30H2,(H,46,47). The molecule has 0 aromatic heterocycles. The second-order valence-corrected chi connectivity index (χ2v) is 13.6. The molecule has 7 rings (SSSR count). The van der Waals surface area contributed by atoms with Crippen molar-refractivity contribution in [2.75, 3.05) is 19.7 Å². The second kappa shape index (κ2) is 14.8. The number of amides is 1. The molecule has 49 heavy (non-hydrogen) atoms. The minimum Gasteiger partial charge on any atom is -0.465 e. The maximum Gasteiger partial charge on any atom is 0.407 e. The average molecular weight is 713 g/mol. The van der Waals surface area contributed by atoms with Crippen molar-refractivity contribution in [3.05, 3.63) is 190 Å². The molecule has 0 bridgehead atoms. The summed E-state index contributed by atoms with van der Waals surface area (Å²) in [6, 6.07) is 53.8. The minimum absolute atomic E-state index is 0.121. The molecule has 6 heteroatoms. The fourth-order valence-electron chi connectivity index (χ4n) is 7.28. The van der Waals surface area contributed by atoms with Crippen molar-refractivity contribution >= 4 is 32.8 Å². The molecule has 3 atom stereocenters. The van der Waals surface area contributed by atoms with Gasteiger partial charge in [0.25, 0.3) is 0 Å². The Kier molecular flexibility index (Phi) is 9.89. The van der Waals surface area contributed by atoms with Crippen molar-refractivity contribution in [2.24, 2.45) is 5.92 Å². The largest absolute Gasteiger partial charge is 0.465 e. The Bertz CT molecular complexity index is 1890. The second-order valence-electron chi connectivity index (χ2n) is 12.6. The molecule has 5 nitrogen and oxygen atoms in total. The molecular formula is C43H38BrNO4. The van der Waals surface area contributed by atoms with Crippen LogP contribution < -0.4 is 0 Å². The molecule has 0 radical (unpaired) electrons. The highest BCUT2D eigenvalue weighted by Crippen LogP contribution is 2.43. The molecule has 6 aromatic carbocycles. The van der Waals surface area contributed by atoms with Crippen LogP contribution >= 0.6 is 15.9 Å². The fraction of sp³-hybridized carbons (Fsp3) is 0.186. The highest BCUT2D eigenvalue weighted by molar-refractivity contribution is 9.10. The van der Waals surface area contributed by atoms with Gasteiger partial charge in [0.05, 0.1) is 25.9 Å². The van der Waals surface area contributed by atoms with Crippen molar-refractivity contribution in [3.63, 3.8) is 0 Å². The number of halogens is 1. The van der Waals surface area contributed by atoms with Gasteiger partial charge in [-0.15, -0.1) is 0 Å². The molecule has 1 heterocycles. The first kappa shape index (κ1) is 32.8. The van der Waals surface area contributed by atoms with Gasteiger partial charge in [-0.2, -0.15) is 0 Å². The van der Waals surface area contributed by atoms with Crippen molar-refractivity contribution in [1.82, 2.24) is 4.90 Å². The normalized spacial score (nSPS) is 18.0. The van der Waals surface area contributed by atoms with Crippen molar-refractivity contribution in [3.8, 4) is 0 Å². The van der Waals surface area contributed by atoms with E-state index < -0.39 is 17.8 Å². The quantitative estimate of drug-likeness (QED) is 0.144. The molecule has 3 unspecified atom stereocenters. The SMILES string of the molecule is O=C(O)N1CC(COC(c2ccccc2)(c2ccccc2)c2ccccc2)C(c2ccc(Br)cc2)C(OCc2ccc3ccccc3c2)C1. The van der Waals surface area contributed by atoms with Crippen molar-refractivity contribution < 1.29 is 19.4 Å². The number of rotatable bonds is 10. The Balaban J connectivity index is 1.27. The summed E-state index contributed by atoms with van der Waals surface area (Å²) in [6.45, 7) is 1.24. The Labute approximate surface area is 295 Å². The Morgan fingerprint density at radius 2 is 1.24 bits per heavy atom.